The van der Waals surface area contributed by atoms with E-state index in [9.17, 15) is 13.2 Å². The summed E-state index contributed by atoms with van der Waals surface area (Å²) in [4.78, 5) is 0. The van der Waals surface area contributed by atoms with Crippen LogP contribution < -0.4 is 5.32 Å². The second-order valence-electron chi connectivity index (χ2n) is 1.97. The molecule has 4 heteroatoms. The molecule has 0 saturated heterocycles. The first-order chi connectivity index (χ1) is 6.16. The first kappa shape index (κ1) is 11.8. The molecule has 0 radical (unpaired) electrons. The summed E-state index contributed by atoms with van der Waals surface area (Å²) in [6.45, 7) is 4.00. The van der Waals surface area contributed by atoms with Gasteiger partial charge in [0, 0.05) is 7.05 Å². The molecule has 0 aliphatic heterocycles. The van der Waals surface area contributed by atoms with E-state index >= 15 is 0 Å². The molecule has 0 spiro atoms. The zero-order valence-corrected chi connectivity index (χ0v) is 7.79. The van der Waals surface area contributed by atoms with Crippen LogP contribution in [0.2, 0.25) is 0 Å². The number of hydrogen-bond acceptors (Lipinski definition) is 1. The molecule has 0 aliphatic carbocycles. The summed E-state index contributed by atoms with van der Waals surface area (Å²) in [5, 5.41) is 2.38. The molecule has 0 amide bonds. The van der Waals surface area contributed by atoms with Crippen molar-refractivity contribution in [3.8, 4) is 0 Å². The summed E-state index contributed by atoms with van der Waals surface area (Å²) < 4.78 is 37.2. The molecule has 1 N–H and O–H groups in total. The van der Waals surface area contributed by atoms with E-state index in [2.05, 4.69) is 5.32 Å². The Labute approximate surface area is 75.6 Å². The maximum Gasteiger partial charge on any atom is 0.196 e. The van der Waals surface area contributed by atoms with Crippen molar-refractivity contribution in [3.05, 3.63) is 29.6 Å². The molecule has 0 aliphatic rings. The van der Waals surface area contributed by atoms with Crippen LogP contribution in [-0.4, -0.2) is 7.05 Å². The molecular formula is C9H12F3N. The summed E-state index contributed by atoms with van der Waals surface area (Å²) in [5.41, 5.74) is -0.0519. The highest BCUT2D eigenvalue weighted by Crippen LogP contribution is 2.18. The van der Waals surface area contributed by atoms with Gasteiger partial charge in [0.1, 0.15) is 0 Å². The third kappa shape index (κ3) is 2.65. The van der Waals surface area contributed by atoms with Crippen LogP contribution in [0.1, 0.15) is 13.8 Å². The monoisotopic (exact) mass is 191 g/mol. The lowest BCUT2D eigenvalue weighted by Gasteiger charge is -2.01. The van der Waals surface area contributed by atoms with E-state index in [0.29, 0.717) is 0 Å². The fraction of sp³-hybridized carbons (Fsp3) is 0.333. The predicted octanol–water partition coefficient (Wildman–Crippen LogP) is 3.17. The fourth-order valence-corrected chi connectivity index (χ4v) is 0.719. The maximum atomic E-state index is 12.6. The van der Waals surface area contributed by atoms with Gasteiger partial charge in [0.05, 0.1) is 5.69 Å². The van der Waals surface area contributed by atoms with Gasteiger partial charge in [-0.15, -0.1) is 0 Å². The minimum atomic E-state index is -1.45. The van der Waals surface area contributed by atoms with Crippen LogP contribution >= 0.6 is 0 Å². The van der Waals surface area contributed by atoms with Crippen molar-refractivity contribution in [2.45, 2.75) is 13.8 Å². The summed E-state index contributed by atoms with van der Waals surface area (Å²) in [5.74, 6) is -3.81. The zero-order valence-electron chi connectivity index (χ0n) is 7.79. The van der Waals surface area contributed by atoms with Gasteiger partial charge in [0.15, 0.2) is 17.5 Å². The number of anilines is 1. The Bertz CT molecular complexity index is 274. The zero-order chi connectivity index (χ0) is 10.4. The van der Waals surface area contributed by atoms with Crippen LogP contribution in [0.4, 0.5) is 18.9 Å². The average molecular weight is 191 g/mol. The molecule has 13 heavy (non-hydrogen) atoms. The molecular weight excluding hydrogens is 179 g/mol. The normalized spacial score (nSPS) is 8.77. The van der Waals surface area contributed by atoms with Gasteiger partial charge in [-0.3, -0.25) is 0 Å². The number of benzene rings is 1. The van der Waals surface area contributed by atoms with E-state index in [-0.39, 0.29) is 5.69 Å². The van der Waals surface area contributed by atoms with Gasteiger partial charge >= 0.3 is 0 Å². The van der Waals surface area contributed by atoms with Crippen LogP contribution in [0, 0.1) is 17.5 Å². The lowest BCUT2D eigenvalue weighted by molar-refractivity contribution is 0.449. The molecule has 0 heterocycles. The number of halogens is 3. The smallest absolute Gasteiger partial charge is 0.196 e. The van der Waals surface area contributed by atoms with E-state index in [1.54, 1.807) is 0 Å². The molecule has 1 rings (SSSR count). The lowest BCUT2D eigenvalue weighted by atomic mass is 10.3. The van der Waals surface area contributed by atoms with Crippen molar-refractivity contribution in [2.24, 2.45) is 0 Å². The quantitative estimate of drug-likeness (QED) is 0.672. The Balaban J connectivity index is 0.000000671. The standard InChI is InChI=1S/C7H6F3N.C2H6/c1-11-5-3-2-4(8)6(9)7(5)10;1-2/h2-3,11H,1H3;1-2H3. The molecule has 0 unspecified atom stereocenters. The van der Waals surface area contributed by atoms with Gasteiger partial charge in [-0.1, -0.05) is 13.8 Å². The first-order valence-electron chi connectivity index (χ1n) is 3.98. The van der Waals surface area contributed by atoms with Gasteiger partial charge in [-0.2, -0.15) is 0 Å². The van der Waals surface area contributed by atoms with Gasteiger partial charge in [0.25, 0.3) is 0 Å². The molecule has 0 bridgehead atoms. The van der Waals surface area contributed by atoms with Crippen LogP contribution in [0.3, 0.4) is 0 Å². The van der Waals surface area contributed by atoms with Crippen molar-refractivity contribution in [1.29, 1.82) is 0 Å². The molecule has 0 atom stereocenters. The van der Waals surface area contributed by atoms with Crippen molar-refractivity contribution < 1.29 is 13.2 Å². The van der Waals surface area contributed by atoms with E-state index in [0.717, 1.165) is 12.1 Å². The largest absolute Gasteiger partial charge is 0.386 e. The third-order valence-corrected chi connectivity index (χ3v) is 1.30. The van der Waals surface area contributed by atoms with Crippen LogP contribution in [-0.2, 0) is 0 Å². The highest BCUT2D eigenvalue weighted by molar-refractivity contribution is 5.44. The van der Waals surface area contributed by atoms with Gasteiger partial charge < -0.3 is 5.32 Å². The second-order valence-corrected chi connectivity index (χ2v) is 1.97. The lowest BCUT2D eigenvalue weighted by Crippen LogP contribution is -1.97. The highest BCUT2D eigenvalue weighted by Gasteiger charge is 2.11. The highest BCUT2D eigenvalue weighted by atomic mass is 19.2. The summed E-state index contributed by atoms with van der Waals surface area (Å²) in [6, 6.07) is 2.00. The molecule has 74 valence electrons. The van der Waals surface area contributed by atoms with E-state index < -0.39 is 17.5 Å². The van der Waals surface area contributed by atoms with Gasteiger partial charge in [-0.25, -0.2) is 13.2 Å². The SMILES string of the molecule is CC.CNc1ccc(F)c(F)c1F. The first-order valence-corrected chi connectivity index (χ1v) is 3.98. The Kier molecular flexibility index (Phi) is 4.96. The van der Waals surface area contributed by atoms with Gasteiger partial charge in [0.2, 0.25) is 0 Å². The van der Waals surface area contributed by atoms with Crippen LogP contribution in [0.15, 0.2) is 12.1 Å². The van der Waals surface area contributed by atoms with E-state index in [4.69, 9.17) is 0 Å². The minimum Gasteiger partial charge on any atom is -0.386 e. The molecule has 0 saturated carbocycles. The summed E-state index contributed by atoms with van der Waals surface area (Å²) in [7, 11) is 1.43. The van der Waals surface area contributed by atoms with Crippen molar-refractivity contribution in [3.63, 3.8) is 0 Å². The topological polar surface area (TPSA) is 12.0 Å². The van der Waals surface area contributed by atoms with Crippen molar-refractivity contribution >= 4 is 5.69 Å². The van der Waals surface area contributed by atoms with Crippen molar-refractivity contribution in [1.82, 2.24) is 0 Å². The Morgan fingerprint density at radius 1 is 1.00 bits per heavy atom. The van der Waals surface area contributed by atoms with E-state index in [1.165, 1.54) is 7.05 Å². The number of rotatable bonds is 1. The van der Waals surface area contributed by atoms with Crippen LogP contribution in [0.25, 0.3) is 0 Å². The van der Waals surface area contributed by atoms with Crippen LogP contribution in [0.5, 0.6) is 0 Å². The van der Waals surface area contributed by atoms with E-state index in [1.807, 2.05) is 13.8 Å². The van der Waals surface area contributed by atoms with Gasteiger partial charge in [-0.05, 0) is 12.1 Å². The minimum absolute atomic E-state index is 0.0519. The number of nitrogens with one attached hydrogen (secondary N) is 1. The molecule has 1 nitrogen and oxygen atoms in total. The Hall–Kier alpha value is -1.19. The predicted molar refractivity (Wildman–Crippen MR) is 47.2 cm³/mol. The summed E-state index contributed by atoms with van der Waals surface area (Å²) >= 11 is 0. The Morgan fingerprint density at radius 3 is 2.00 bits per heavy atom. The molecule has 1 aromatic rings. The fourth-order valence-electron chi connectivity index (χ4n) is 0.719. The summed E-state index contributed by atoms with van der Waals surface area (Å²) in [6.07, 6.45) is 0. The molecule has 1 aromatic carbocycles. The second kappa shape index (κ2) is 5.45. The third-order valence-electron chi connectivity index (χ3n) is 1.30. The number of hydrogen-bond donors (Lipinski definition) is 1. The average Bonchev–Trinajstić information content (AvgIpc) is 2.18. The maximum absolute atomic E-state index is 12.6. The molecule has 0 fully saturated rings. The molecule has 0 aromatic heterocycles. The van der Waals surface area contributed by atoms with Crippen molar-refractivity contribution in [2.75, 3.05) is 12.4 Å². The Morgan fingerprint density at radius 2 is 1.54 bits per heavy atom.